The number of benzene rings is 1. The summed E-state index contributed by atoms with van der Waals surface area (Å²) >= 11 is 0. The van der Waals surface area contributed by atoms with Crippen molar-refractivity contribution < 1.29 is 9.50 Å². The van der Waals surface area contributed by atoms with Gasteiger partial charge in [-0.2, -0.15) is 0 Å². The van der Waals surface area contributed by atoms with Gasteiger partial charge in [-0.1, -0.05) is 13.0 Å². The van der Waals surface area contributed by atoms with E-state index in [1.807, 2.05) is 6.92 Å². The molecule has 3 N–H and O–H groups in total. The third kappa shape index (κ3) is 2.93. The lowest BCUT2D eigenvalue weighted by Crippen LogP contribution is -2.05. The number of rotatable bonds is 4. The van der Waals surface area contributed by atoms with Gasteiger partial charge in [-0.3, -0.25) is 0 Å². The lowest BCUT2D eigenvalue weighted by molar-refractivity contribution is 0.373. The van der Waals surface area contributed by atoms with Crippen LogP contribution in [0.15, 0.2) is 18.2 Å². The smallest absolute Gasteiger partial charge is 0.122 e. The van der Waals surface area contributed by atoms with Crippen LogP contribution >= 0.6 is 0 Å². The average Bonchev–Trinajstić information content (AvgIpc) is 2.18. The van der Waals surface area contributed by atoms with Gasteiger partial charge >= 0.3 is 0 Å². The van der Waals surface area contributed by atoms with Crippen molar-refractivity contribution in [3.05, 3.63) is 29.3 Å². The first-order valence-corrected chi connectivity index (χ1v) is 5.23. The molecule has 0 spiro atoms. The van der Waals surface area contributed by atoms with Crippen LogP contribution in [0.25, 0.3) is 0 Å². The Kier molecular flexibility index (Phi) is 4.09. The highest BCUT2D eigenvalue weighted by Gasteiger charge is 2.12. The van der Waals surface area contributed by atoms with E-state index in [4.69, 9.17) is 5.73 Å². The molecule has 0 saturated carbocycles. The van der Waals surface area contributed by atoms with Gasteiger partial charge in [-0.15, -0.1) is 0 Å². The van der Waals surface area contributed by atoms with Crippen molar-refractivity contribution in [1.82, 2.24) is 0 Å². The Balaban J connectivity index is 2.99. The number of halogens is 1. The molecule has 0 bridgehead atoms. The van der Waals surface area contributed by atoms with Gasteiger partial charge in [0.05, 0.1) is 0 Å². The van der Waals surface area contributed by atoms with Gasteiger partial charge in [0.2, 0.25) is 0 Å². The molecule has 1 aromatic carbocycles. The monoisotopic (exact) mass is 211 g/mol. The molecular formula is C12H18FNO. The zero-order valence-electron chi connectivity index (χ0n) is 9.20. The number of hydrogen-bond donors (Lipinski definition) is 2. The number of nitrogens with two attached hydrogens (primary N) is 1. The lowest BCUT2D eigenvalue weighted by Gasteiger charge is -2.14. The zero-order valence-corrected chi connectivity index (χ0v) is 9.20. The Hall–Kier alpha value is -1.09. The third-order valence-corrected chi connectivity index (χ3v) is 2.64. The van der Waals surface area contributed by atoms with Gasteiger partial charge in [0.15, 0.2) is 0 Å². The summed E-state index contributed by atoms with van der Waals surface area (Å²) in [6, 6.07) is 4.88. The molecule has 0 aliphatic rings. The number of aromatic hydroxyl groups is 1. The van der Waals surface area contributed by atoms with Gasteiger partial charge in [0.1, 0.15) is 11.9 Å². The van der Waals surface area contributed by atoms with Crippen molar-refractivity contribution in [2.75, 3.05) is 6.54 Å². The number of phenolic OH excluding ortho intramolecular Hbond substituents is 1. The molecule has 1 aromatic rings. The highest BCUT2D eigenvalue weighted by atomic mass is 19.1. The molecule has 0 radical (unpaired) electrons. The molecular weight excluding hydrogens is 193 g/mol. The summed E-state index contributed by atoms with van der Waals surface area (Å²) in [5, 5.41) is 9.65. The van der Waals surface area contributed by atoms with E-state index in [2.05, 4.69) is 0 Å². The second kappa shape index (κ2) is 5.12. The van der Waals surface area contributed by atoms with Crippen molar-refractivity contribution in [2.24, 2.45) is 5.73 Å². The van der Waals surface area contributed by atoms with E-state index in [1.54, 1.807) is 18.2 Å². The Labute approximate surface area is 89.9 Å². The van der Waals surface area contributed by atoms with Gasteiger partial charge in [0.25, 0.3) is 0 Å². The predicted octanol–water partition coefficient (Wildman–Crippen LogP) is 2.88. The fourth-order valence-electron chi connectivity index (χ4n) is 1.62. The summed E-state index contributed by atoms with van der Waals surface area (Å²) < 4.78 is 13.1. The molecule has 0 aromatic heterocycles. The fraction of sp³-hybridized carbons (Fsp3) is 0.500. The molecule has 0 amide bonds. The minimum atomic E-state index is -1.01. The second-order valence-electron chi connectivity index (χ2n) is 3.91. The van der Waals surface area contributed by atoms with E-state index >= 15 is 0 Å². The minimum absolute atomic E-state index is 0.161. The van der Waals surface area contributed by atoms with Crippen LogP contribution in [-0.2, 0) is 0 Å². The van der Waals surface area contributed by atoms with Gasteiger partial charge < -0.3 is 10.8 Å². The summed E-state index contributed by atoms with van der Waals surface area (Å²) in [4.78, 5) is 0. The molecule has 0 fully saturated rings. The van der Waals surface area contributed by atoms with Crippen LogP contribution in [0.3, 0.4) is 0 Å². The molecule has 1 rings (SSSR count). The SMILES string of the molecule is CC(F)c1ccc(O)c(C(C)CCN)c1. The first-order valence-electron chi connectivity index (χ1n) is 5.23. The summed E-state index contributed by atoms with van der Waals surface area (Å²) in [5.74, 6) is 0.383. The molecule has 15 heavy (non-hydrogen) atoms. The fourth-order valence-corrected chi connectivity index (χ4v) is 1.62. The van der Waals surface area contributed by atoms with Crippen LogP contribution in [0.2, 0.25) is 0 Å². The quantitative estimate of drug-likeness (QED) is 0.804. The van der Waals surface area contributed by atoms with Crippen molar-refractivity contribution in [2.45, 2.75) is 32.4 Å². The summed E-state index contributed by atoms with van der Waals surface area (Å²) in [7, 11) is 0. The topological polar surface area (TPSA) is 46.2 Å². The van der Waals surface area contributed by atoms with Crippen molar-refractivity contribution in [3.8, 4) is 5.75 Å². The van der Waals surface area contributed by atoms with Crippen LogP contribution in [0.5, 0.6) is 5.75 Å². The van der Waals surface area contributed by atoms with E-state index in [1.165, 1.54) is 6.92 Å². The minimum Gasteiger partial charge on any atom is -0.508 e. The molecule has 84 valence electrons. The van der Waals surface area contributed by atoms with Gasteiger partial charge in [-0.05, 0) is 49.1 Å². The predicted molar refractivity (Wildman–Crippen MR) is 59.7 cm³/mol. The molecule has 0 aliphatic heterocycles. The van der Waals surface area contributed by atoms with Crippen molar-refractivity contribution in [3.63, 3.8) is 0 Å². The van der Waals surface area contributed by atoms with Gasteiger partial charge in [0, 0.05) is 0 Å². The van der Waals surface area contributed by atoms with Crippen LogP contribution in [0.4, 0.5) is 4.39 Å². The molecule has 0 aliphatic carbocycles. The first-order chi connectivity index (χ1) is 7.06. The number of hydrogen-bond acceptors (Lipinski definition) is 2. The van der Waals surface area contributed by atoms with Crippen LogP contribution in [0, 0.1) is 0 Å². The van der Waals surface area contributed by atoms with Crippen LogP contribution in [0.1, 0.15) is 43.5 Å². The Morgan fingerprint density at radius 2 is 2.07 bits per heavy atom. The van der Waals surface area contributed by atoms with E-state index in [9.17, 15) is 9.50 Å². The highest BCUT2D eigenvalue weighted by molar-refractivity contribution is 5.39. The summed E-state index contributed by atoms with van der Waals surface area (Å²) in [6.07, 6.45) is -0.216. The van der Waals surface area contributed by atoms with Crippen molar-refractivity contribution in [1.29, 1.82) is 0 Å². The molecule has 0 saturated heterocycles. The maximum atomic E-state index is 13.1. The van der Waals surface area contributed by atoms with E-state index in [0.29, 0.717) is 12.1 Å². The average molecular weight is 211 g/mol. The van der Waals surface area contributed by atoms with Gasteiger partial charge in [-0.25, -0.2) is 4.39 Å². The second-order valence-corrected chi connectivity index (χ2v) is 3.91. The Morgan fingerprint density at radius 3 is 2.60 bits per heavy atom. The lowest BCUT2D eigenvalue weighted by atomic mass is 9.94. The zero-order chi connectivity index (χ0) is 11.4. The van der Waals surface area contributed by atoms with E-state index < -0.39 is 6.17 Å². The summed E-state index contributed by atoms with van der Waals surface area (Å²) in [6.45, 7) is 4.04. The molecule has 3 heteroatoms. The maximum Gasteiger partial charge on any atom is 0.122 e. The Bertz CT molecular complexity index is 325. The molecule has 2 unspecified atom stereocenters. The number of alkyl halides is 1. The highest BCUT2D eigenvalue weighted by Crippen LogP contribution is 2.31. The van der Waals surface area contributed by atoms with Crippen LogP contribution < -0.4 is 5.73 Å². The largest absolute Gasteiger partial charge is 0.508 e. The number of phenols is 1. The molecule has 0 heterocycles. The Morgan fingerprint density at radius 1 is 1.40 bits per heavy atom. The van der Waals surface area contributed by atoms with Crippen molar-refractivity contribution >= 4 is 0 Å². The molecule has 2 nitrogen and oxygen atoms in total. The maximum absolute atomic E-state index is 13.1. The first kappa shape index (κ1) is 12.0. The summed E-state index contributed by atoms with van der Waals surface area (Å²) in [5.41, 5.74) is 6.84. The standard InChI is InChI=1S/C12H18FNO/c1-8(5-6-14)11-7-10(9(2)13)3-4-12(11)15/h3-4,7-9,15H,5-6,14H2,1-2H3. The van der Waals surface area contributed by atoms with E-state index in [-0.39, 0.29) is 11.7 Å². The molecule has 2 atom stereocenters. The van der Waals surface area contributed by atoms with Crippen LogP contribution in [-0.4, -0.2) is 11.7 Å². The normalized spacial score (nSPS) is 14.9. The van der Waals surface area contributed by atoms with E-state index in [0.717, 1.165) is 12.0 Å². The third-order valence-electron chi connectivity index (χ3n) is 2.64.